The van der Waals surface area contributed by atoms with Crippen LogP contribution in [0.15, 0.2) is 0 Å². The Morgan fingerprint density at radius 1 is 0.700 bits per heavy atom. The predicted molar refractivity (Wildman–Crippen MR) is 122 cm³/mol. The molecule has 0 aliphatic heterocycles. The number of hydrogen-bond acceptors (Lipinski definition) is 4. The lowest BCUT2D eigenvalue weighted by Gasteiger charge is -2.20. The second kappa shape index (κ2) is 15.0. The minimum atomic E-state index is -1.28. The number of benzene rings is 1. The summed E-state index contributed by atoms with van der Waals surface area (Å²) in [6, 6.07) is 0. The van der Waals surface area contributed by atoms with Crippen LogP contribution in [0, 0.1) is 0 Å². The number of aromatic hydroxyl groups is 2. The Hall–Kier alpha value is -1.91. The Balaban J connectivity index is 3.07. The van der Waals surface area contributed by atoms with Gasteiger partial charge in [-0.2, -0.15) is 0 Å². The molecule has 0 atom stereocenters. The zero-order valence-corrected chi connectivity index (χ0v) is 19.3. The number of carboxylic acids is 1. The van der Waals surface area contributed by atoms with Gasteiger partial charge in [0, 0.05) is 11.1 Å². The van der Waals surface area contributed by atoms with Crippen LogP contribution in [0.4, 0.5) is 0 Å². The van der Waals surface area contributed by atoms with E-state index in [2.05, 4.69) is 13.8 Å². The van der Waals surface area contributed by atoms with Crippen molar-refractivity contribution in [1.29, 1.82) is 0 Å². The molecule has 0 heterocycles. The Morgan fingerprint density at radius 2 is 1.17 bits per heavy atom. The summed E-state index contributed by atoms with van der Waals surface area (Å²) in [6.07, 6.45) is 14.8. The number of carbonyl (C=O) groups is 1. The van der Waals surface area contributed by atoms with Crippen LogP contribution in [0.1, 0.15) is 119 Å². The summed E-state index contributed by atoms with van der Waals surface area (Å²) >= 11 is 0. The fourth-order valence-electron chi connectivity index (χ4n) is 4.00. The second-order valence-corrected chi connectivity index (χ2v) is 8.13. The van der Waals surface area contributed by atoms with Crippen molar-refractivity contribution in [2.45, 2.75) is 111 Å². The number of ether oxygens (including phenoxy) is 1. The van der Waals surface area contributed by atoms with E-state index >= 15 is 0 Å². The summed E-state index contributed by atoms with van der Waals surface area (Å²) in [6.45, 7) is 6.49. The van der Waals surface area contributed by atoms with Gasteiger partial charge in [0.05, 0.1) is 6.61 Å². The van der Waals surface area contributed by atoms with Gasteiger partial charge in [0.15, 0.2) is 11.5 Å². The number of rotatable bonds is 17. The number of carboxylic acid groups (broad SMARTS) is 1. The summed E-state index contributed by atoms with van der Waals surface area (Å²) in [5, 5.41) is 30.7. The molecule has 1 aromatic rings. The molecule has 0 fully saturated rings. The molecule has 0 aromatic heterocycles. The molecule has 0 saturated heterocycles. The zero-order valence-electron chi connectivity index (χ0n) is 19.3. The van der Waals surface area contributed by atoms with Gasteiger partial charge in [-0.3, -0.25) is 0 Å². The Bertz CT molecular complexity index is 639. The Labute approximate surface area is 182 Å². The third-order valence-corrected chi connectivity index (χ3v) is 5.68. The molecule has 0 spiro atoms. The maximum Gasteiger partial charge on any atom is 0.343 e. The van der Waals surface area contributed by atoms with Gasteiger partial charge < -0.3 is 20.1 Å². The molecule has 1 aromatic carbocycles. The van der Waals surface area contributed by atoms with E-state index < -0.39 is 11.7 Å². The van der Waals surface area contributed by atoms with Crippen LogP contribution in [0.25, 0.3) is 0 Å². The van der Waals surface area contributed by atoms with E-state index in [9.17, 15) is 20.1 Å². The van der Waals surface area contributed by atoms with Crippen molar-refractivity contribution in [1.82, 2.24) is 0 Å². The fourth-order valence-corrected chi connectivity index (χ4v) is 4.00. The Kier molecular flexibility index (Phi) is 13.0. The quantitative estimate of drug-likeness (QED) is 0.186. The average Bonchev–Trinajstić information content (AvgIpc) is 2.72. The predicted octanol–water partition coefficient (Wildman–Crippen LogP) is 7.00. The van der Waals surface area contributed by atoms with Gasteiger partial charge in [-0.1, -0.05) is 78.1 Å². The number of aromatic carboxylic acids is 1. The fraction of sp³-hybridized carbons (Fsp3) is 0.720. The SMILES string of the molecule is CCCCCCCCc1c(O)c(O)c(C(=O)O)c(OCC)c1CCCCCCCC. The van der Waals surface area contributed by atoms with E-state index in [1.807, 2.05) is 0 Å². The minimum Gasteiger partial charge on any atom is -0.504 e. The van der Waals surface area contributed by atoms with Crippen molar-refractivity contribution < 1.29 is 24.9 Å². The van der Waals surface area contributed by atoms with Crippen molar-refractivity contribution in [2.75, 3.05) is 6.61 Å². The van der Waals surface area contributed by atoms with Crippen LogP contribution in [0.5, 0.6) is 17.2 Å². The van der Waals surface area contributed by atoms with Gasteiger partial charge in [0.1, 0.15) is 11.3 Å². The lowest BCUT2D eigenvalue weighted by molar-refractivity contribution is 0.0688. The molecule has 0 aliphatic carbocycles. The molecule has 5 heteroatoms. The van der Waals surface area contributed by atoms with Crippen LogP contribution in [0.2, 0.25) is 0 Å². The molecule has 0 radical (unpaired) electrons. The van der Waals surface area contributed by atoms with Crippen molar-refractivity contribution in [2.24, 2.45) is 0 Å². The molecule has 0 saturated carbocycles. The maximum atomic E-state index is 11.8. The van der Waals surface area contributed by atoms with Crippen molar-refractivity contribution >= 4 is 5.97 Å². The highest BCUT2D eigenvalue weighted by Gasteiger charge is 2.28. The highest BCUT2D eigenvalue weighted by Crippen LogP contribution is 2.44. The molecule has 0 amide bonds. The first-order valence-corrected chi connectivity index (χ1v) is 11.9. The maximum absolute atomic E-state index is 11.8. The molecule has 0 unspecified atom stereocenters. The molecule has 1 rings (SSSR count). The molecule has 5 nitrogen and oxygen atoms in total. The van der Waals surface area contributed by atoms with Gasteiger partial charge >= 0.3 is 5.97 Å². The van der Waals surface area contributed by atoms with E-state index in [1.54, 1.807) is 6.92 Å². The first-order chi connectivity index (χ1) is 14.5. The van der Waals surface area contributed by atoms with Crippen LogP contribution < -0.4 is 4.74 Å². The molecule has 0 aliphatic rings. The lowest BCUT2D eigenvalue weighted by Crippen LogP contribution is -2.10. The van der Waals surface area contributed by atoms with Crippen molar-refractivity contribution in [3.05, 3.63) is 16.7 Å². The lowest BCUT2D eigenvalue weighted by atomic mass is 9.91. The standard InChI is InChI=1S/C25H42O5/c1-4-7-9-11-13-15-17-19-20(18-16-14-12-10-8-5-2)24(30-6-3)21(25(28)29)23(27)22(19)26/h26-27H,4-18H2,1-3H3,(H,28,29). The van der Waals surface area contributed by atoms with Crippen LogP contribution in [0.3, 0.4) is 0 Å². The molecular weight excluding hydrogens is 380 g/mol. The monoisotopic (exact) mass is 422 g/mol. The highest BCUT2D eigenvalue weighted by atomic mass is 16.5. The minimum absolute atomic E-state index is 0.231. The van der Waals surface area contributed by atoms with Gasteiger partial charge in [-0.05, 0) is 32.6 Å². The van der Waals surface area contributed by atoms with Crippen LogP contribution in [-0.2, 0) is 12.8 Å². The normalized spacial score (nSPS) is 11.0. The zero-order chi connectivity index (χ0) is 22.4. The smallest absolute Gasteiger partial charge is 0.343 e. The molecule has 3 N–H and O–H groups in total. The summed E-state index contributed by atoms with van der Waals surface area (Å²) in [5.41, 5.74) is 1.10. The molecular formula is C25H42O5. The van der Waals surface area contributed by atoms with E-state index in [0.717, 1.165) is 44.1 Å². The molecule has 172 valence electrons. The second-order valence-electron chi connectivity index (χ2n) is 8.13. The van der Waals surface area contributed by atoms with Gasteiger partial charge in [-0.15, -0.1) is 0 Å². The topological polar surface area (TPSA) is 87.0 Å². The van der Waals surface area contributed by atoms with Crippen LogP contribution in [-0.4, -0.2) is 27.9 Å². The number of hydrogen-bond donors (Lipinski definition) is 3. The van der Waals surface area contributed by atoms with Gasteiger partial charge in [0.25, 0.3) is 0 Å². The van der Waals surface area contributed by atoms with Crippen molar-refractivity contribution in [3.8, 4) is 17.2 Å². The summed E-state index contributed by atoms with van der Waals surface area (Å²) in [4.78, 5) is 11.8. The number of phenolic OH excluding ortho intramolecular Hbond substituents is 1. The highest BCUT2D eigenvalue weighted by molar-refractivity contribution is 5.96. The first-order valence-electron chi connectivity index (χ1n) is 11.9. The third-order valence-electron chi connectivity index (χ3n) is 5.68. The van der Waals surface area contributed by atoms with Crippen molar-refractivity contribution in [3.63, 3.8) is 0 Å². The largest absolute Gasteiger partial charge is 0.504 e. The molecule has 0 bridgehead atoms. The van der Waals surface area contributed by atoms with Crippen LogP contribution >= 0.6 is 0 Å². The third kappa shape index (κ3) is 8.08. The summed E-state index contributed by atoms with van der Waals surface area (Å²) < 4.78 is 5.71. The van der Waals surface area contributed by atoms with E-state index in [0.29, 0.717) is 25.0 Å². The summed E-state index contributed by atoms with van der Waals surface area (Å²) in [5.74, 6) is -1.90. The number of unbranched alkanes of at least 4 members (excludes halogenated alkanes) is 10. The summed E-state index contributed by atoms with van der Waals surface area (Å²) in [7, 11) is 0. The average molecular weight is 423 g/mol. The Morgan fingerprint density at radius 3 is 1.63 bits per heavy atom. The number of phenols is 2. The van der Waals surface area contributed by atoms with Gasteiger partial charge in [-0.25, -0.2) is 4.79 Å². The first kappa shape index (κ1) is 26.1. The van der Waals surface area contributed by atoms with E-state index in [4.69, 9.17) is 4.74 Å². The van der Waals surface area contributed by atoms with E-state index in [1.165, 1.54) is 38.5 Å². The molecule has 30 heavy (non-hydrogen) atoms. The van der Waals surface area contributed by atoms with Gasteiger partial charge in [0.2, 0.25) is 0 Å². The van der Waals surface area contributed by atoms with E-state index in [-0.39, 0.29) is 17.1 Å².